The van der Waals surface area contributed by atoms with Gasteiger partial charge in [-0.05, 0) is 24.3 Å². The van der Waals surface area contributed by atoms with E-state index < -0.39 is 11.6 Å². The summed E-state index contributed by atoms with van der Waals surface area (Å²) in [5.74, 6) is -1.70. The Labute approximate surface area is 108 Å². The van der Waals surface area contributed by atoms with Gasteiger partial charge in [-0.2, -0.15) is 5.10 Å². The molecule has 0 aliphatic heterocycles. The fourth-order valence-corrected chi connectivity index (χ4v) is 1.93. The third kappa shape index (κ3) is 2.27. The van der Waals surface area contributed by atoms with E-state index in [4.69, 9.17) is 0 Å². The third-order valence-electron chi connectivity index (χ3n) is 2.91. The fourth-order valence-electron chi connectivity index (χ4n) is 1.93. The largest absolute Gasteiger partial charge is 0.381 e. The highest BCUT2D eigenvalue weighted by molar-refractivity contribution is 5.55. The molecule has 3 rings (SSSR count). The first kappa shape index (κ1) is 11.6. The molecule has 0 aliphatic carbocycles. The first-order valence-electron chi connectivity index (χ1n) is 5.84. The molecule has 0 fully saturated rings. The Morgan fingerprint density at radius 1 is 1.11 bits per heavy atom. The highest BCUT2D eigenvalue weighted by atomic mass is 19.2. The number of anilines is 1. The minimum absolute atomic E-state index is 0.499. The highest BCUT2D eigenvalue weighted by Gasteiger charge is 2.05. The molecule has 0 atom stereocenters. The maximum Gasteiger partial charge on any atom is 0.160 e. The summed E-state index contributed by atoms with van der Waals surface area (Å²) in [5, 5.41) is 7.25. The Morgan fingerprint density at radius 3 is 2.84 bits per heavy atom. The van der Waals surface area contributed by atoms with E-state index in [1.807, 2.05) is 24.4 Å². The standard InChI is InChI=1S/C14H11F2N3/c15-12-5-4-11(7-13(12)16)17-8-10-9-18-19-6-2-1-3-14(10)19/h1-7,9,17H,8H2. The lowest BCUT2D eigenvalue weighted by molar-refractivity contribution is 0.509. The van der Waals surface area contributed by atoms with Gasteiger partial charge in [0.15, 0.2) is 11.6 Å². The first-order chi connectivity index (χ1) is 9.24. The fraction of sp³-hybridized carbons (Fsp3) is 0.0714. The first-order valence-corrected chi connectivity index (χ1v) is 5.84. The molecule has 0 radical (unpaired) electrons. The number of pyridine rings is 1. The molecule has 0 unspecified atom stereocenters. The number of fused-ring (bicyclic) bond motifs is 1. The van der Waals surface area contributed by atoms with Crippen molar-refractivity contribution in [3.8, 4) is 0 Å². The van der Waals surface area contributed by atoms with Crippen LogP contribution in [0.2, 0.25) is 0 Å². The molecule has 0 aliphatic rings. The average Bonchev–Trinajstić information content (AvgIpc) is 2.83. The van der Waals surface area contributed by atoms with Crippen LogP contribution in [-0.2, 0) is 6.54 Å². The molecular weight excluding hydrogens is 248 g/mol. The van der Waals surface area contributed by atoms with Gasteiger partial charge in [0.25, 0.3) is 0 Å². The summed E-state index contributed by atoms with van der Waals surface area (Å²) in [6.07, 6.45) is 3.61. The molecule has 19 heavy (non-hydrogen) atoms. The van der Waals surface area contributed by atoms with Crippen LogP contribution in [0.5, 0.6) is 0 Å². The van der Waals surface area contributed by atoms with Gasteiger partial charge in [0.05, 0.1) is 11.7 Å². The van der Waals surface area contributed by atoms with Crippen LogP contribution in [0.4, 0.5) is 14.5 Å². The quantitative estimate of drug-likeness (QED) is 0.782. The second-order valence-electron chi connectivity index (χ2n) is 4.18. The number of rotatable bonds is 3. The van der Waals surface area contributed by atoms with Crippen LogP contribution < -0.4 is 5.32 Å². The topological polar surface area (TPSA) is 29.3 Å². The molecule has 2 aromatic heterocycles. The van der Waals surface area contributed by atoms with E-state index in [1.165, 1.54) is 6.07 Å². The summed E-state index contributed by atoms with van der Waals surface area (Å²) in [7, 11) is 0. The molecule has 2 heterocycles. The van der Waals surface area contributed by atoms with E-state index in [-0.39, 0.29) is 0 Å². The molecule has 1 aromatic carbocycles. The predicted molar refractivity (Wildman–Crippen MR) is 68.9 cm³/mol. The van der Waals surface area contributed by atoms with Crippen LogP contribution in [-0.4, -0.2) is 9.61 Å². The van der Waals surface area contributed by atoms with Gasteiger partial charge in [0, 0.05) is 30.1 Å². The Morgan fingerprint density at radius 2 is 2.00 bits per heavy atom. The van der Waals surface area contributed by atoms with Crippen LogP contribution in [0.1, 0.15) is 5.56 Å². The minimum atomic E-state index is -0.857. The number of halogens is 2. The van der Waals surface area contributed by atoms with Crippen molar-refractivity contribution in [2.24, 2.45) is 0 Å². The van der Waals surface area contributed by atoms with Gasteiger partial charge in [0.1, 0.15) is 0 Å². The van der Waals surface area contributed by atoms with Gasteiger partial charge in [0.2, 0.25) is 0 Å². The van der Waals surface area contributed by atoms with Crippen molar-refractivity contribution in [2.45, 2.75) is 6.54 Å². The zero-order valence-corrected chi connectivity index (χ0v) is 9.98. The second-order valence-corrected chi connectivity index (χ2v) is 4.18. The predicted octanol–water partition coefficient (Wildman–Crippen LogP) is 3.22. The normalized spacial score (nSPS) is 10.8. The van der Waals surface area contributed by atoms with Crippen molar-refractivity contribution in [2.75, 3.05) is 5.32 Å². The summed E-state index contributed by atoms with van der Waals surface area (Å²) in [6.45, 7) is 0.499. The molecule has 5 heteroatoms. The van der Waals surface area contributed by atoms with Gasteiger partial charge >= 0.3 is 0 Å². The van der Waals surface area contributed by atoms with Crippen LogP contribution in [0.15, 0.2) is 48.8 Å². The van der Waals surface area contributed by atoms with Crippen molar-refractivity contribution in [3.63, 3.8) is 0 Å². The maximum absolute atomic E-state index is 13.1. The number of hydrogen-bond donors (Lipinski definition) is 1. The Kier molecular flexibility index (Phi) is 2.87. The van der Waals surface area contributed by atoms with Crippen LogP contribution >= 0.6 is 0 Å². The summed E-state index contributed by atoms with van der Waals surface area (Å²) < 4.78 is 27.6. The molecule has 0 bridgehead atoms. The van der Waals surface area contributed by atoms with Crippen molar-refractivity contribution < 1.29 is 8.78 Å². The lowest BCUT2D eigenvalue weighted by Gasteiger charge is -2.05. The van der Waals surface area contributed by atoms with Crippen molar-refractivity contribution in [1.82, 2.24) is 9.61 Å². The van der Waals surface area contributed by atoms with E-state index in [0.29, 0.717) is 12.2 Å². The molecule has 0 spiro atoms. The minimum Gasteiger partial charge on any atom is -0.381 e. The second kappa shape index (κ2) is 4.68. The van der Waals surface area contributed by atoms with Gasteiger partial charge in [-0.1, -0.05) is 6.07 Å². The van der Waals surface area contributed by atoms with E-state index in [9.17, 15) is 8.78 Å². The van der Waals surface area contributed by atoms with Gasteiger partial charge < -0.3 is 5.32 Å². The summed E-state index contributed by atoms with van der Waals surface area (Å²) >= 11 is 0. The SMILES string of the molecule is Fc1ccc(NCc2cnn3ccccc23)cc1F. The maximum atomic E-state index is 13.1. The number of hydrogen-bond acceptors (Lipinski definition) is 2. The number of benzene rings is 1. The van der Waals surface area contributed by atoms with Gasteiger partial charge in [-0.25, -0.2) is 13.3 Å². The van der Waals surface area contributed by atoms with E-state index in [1.54, 1.807) is 10.7 Å². The molecule has 0 amide bonds. The Balaban J connectivity index is 1.80. The Hall–Kier alpha value is -2.43. The van der Waals surface area contributed by atoms with Gasteiger partial charge in [-0.3, -0.25) is 0 Å². The summed E-state index contributed by atoms with van der Waals surface area (Å²) in [4.78, 5) is 0. The van der Waals surface area contributed by atoms with E-state index in [0.717, 1.165) is 23.2 Å². The molecule has 3 nitrogen and oxygen atoms in total. The molecule has 1 N–H and O–H groups in total. The molecule has 3 aromatic rings. The smallest absolute Gasteiger partial charge is 0.160 e. The van der Waals surface area contributed by atoms with Crippen molar-refractivity contribution in [1.29, 1.82) is 0 Å². The molecular formula is C14H11F2N3. The molecule has 0 saturated carbocycles. The van der Waals surface area contributed by atoms with E-state index >= 15 is 0 Å². The highest BCUT2D eigenvalue weighted by Crippen LogP contribution is 2.16. The summed E-state index contributed by atoms with van der Waals surface area (Å²) in [5.41, 5.74) is 2.51. The number of aromatic nitrogens is 2. The number of nitrogens with zero attached hydrogens (tertiary/aromatic N) is 2. The van der Waals surface area contributed by atoms with Crippen LogP contribution in [0.25, 0.3) is 5.52 Å². The number of nitrogens with one attached hydrogen (secondary N) is 1. The lowest BCUT2D eigenvalue weighted by atomic mass is 10.2. The Bertz CT molecular complexity index is 722. The zero-order chi connectivity index (χ0) is 13.2. The van der Waals surface area contributed by atoms with Crippen molar-refractivity contribution >= 4 is 11.2 Å². The van der Waals surface area contributed by atoms with Crippen LogP contribution in [0.3, 0.4) is 0 Å². The molecule has 96 valence electrons. The molecule has 0 saturated heterocycles. The lowest BCUT2D eigenvalue weighted by Crippen LogP contribution is -2.00. The summed E-state index contributed by atoms with van der Waals surface area (Å²) in [6, 6.07) is 9.53. The van der Waals surface area contributed by atoms with Crippen molar-refractivity contribution in [3.05, 3.63) is 66.0 Å². The zero-order valence-electron chi connectivity index (χ0n) is 9.98. The monoisotopic (exact) mass is 259 g/mol. The van der Waals surface area contributed by atoms with Crippen LogP contribution in [0, 0.1) is 11.6 Å². The van der Waals surface area contributed by atoms with E-state index in [2.05, 4.69) is 10.4 Å². The average molecular weight is 259 g/mol. The third-order valence-corrected chi connectivity index (χ3v) is 2.91. The van der Waals surface area contributed by atoms with Gasteiger partial charge in [-0.15, -0.1) is 0 Å².